The number of ether oxygens (including phenoxy) is 1. The number of hydrogen-bond acceptors (Lipinski definition) is 4. The molecule has 0 aliphatic rings. The summed E-state index contributed by atoms with van der Waals surface area (Å²) >= 11 is 12.0. The summed E-state index contributed by atoms with van der Waals surface area (Å²) in [7, 11) is 1.55. The molecule has 2 aromatic rings. The van der Waals surface area contributed by atoms with Crippen LogP contribution in [0.2, 0.25) is 10.0 Å². The Kier molecular flexibility index (Phi) is 4.38. The maximum atomic E-state index is 8.95. The standard InChI is InChI=1S/C12H10Cl2N4O/c1-19-7-12-11(5-15)16-17-18(12)6-8-2-3-9(13)4-10(8)14/h2-4H,6-7H2,1H3. The summed E-state index contributed by atoms with van der Waals surface area (Å²) < 4.78 is 6.64. The van der Waals surface area contributed by atoms with Gasteiger partial charge in [0, 0.05) is 17.2 Å². The minimum Gasteiger partial charge on any atom is -0.378 e. The normalized spacial score (nSPS) is 10.4. The summed E-state index contributed by atoms with van der Waals surface area (Å²) in [6.45, 7) is 0.671. The predicted octanol–water partition coefficient (Wildman–Crippen LogP) is 2.65. The van der Waals surface area contributed by atoms with Crippen LogP contribution in [0.3, 0.4) is 0 Å². The SMILES string of the molecule is COCc1c(C#N)nnn1Cc1ccc(Cl)cc1Cl. The Morgan fingerprint density at radius 2 is 2.21 bits per heavy atom. The molecule has 1 heterocycles. The Labute approximate surface area is 120 Å². The monoisotopic (exact) mass is 296 g/mol. The number of methoxy groups -OCH3 is 1. The summed E-state index contributed by atoms with van der Waals surface area (Å²) in [6, 6.07) is 7.21. The van der Waals surface area contributed by atoms with Crippen LogP contribution in [0.25, 0.3) is 0 Å². The zero-order valence-electron chi connectivity index (χ0n) is 10.1. The van der Waals surface area contributed by atoms with Crippen LogP contribution in [-0.4, -0.2) is 22.1 Å². The maximum Gasteiger partial charge on any atom is 0.188 e. The van der Waals surface area contributed by atoms with Gasteiger partial charge in [0.05, 0.1) is 13.2 Å². The van der Waals surface area contributed by atoms with Crippen LogP contribution in [0.5, 0.6) is 0 Å². The zero-order chi connectivity index (χ0) is 13.8. The number of hydrogen-bond donors (Lipinski definition) is 0. The molecule has 0 atom stereocenters. The molecule has 7 heteroatoms. The third-order valence-electron chi connectivity index (χ3n) is 2.56. The highest BCUT2D eigenvalue weighted by Gasteiger charge is 2.13. The predicted molar refractivity (Wildman–Crippen MR) is 71.0 cm³/mol. The summed E-state index contributed by atoms with van der Waals surface area (Å²) in [5.74, 6) is 0. The van der Waals surface area contributed by atoms with E-state index in [4.69, 9.17) is 33.2 Å². The lowest BCUT2D eigenvalue weighted by atomic mass is 10.2. The molecular weight excluding hydrogens is 287 g/mol. The van der Waals surface area contributed by atoms with Gasteiger partial charge >= 0.3 is 0 Å². The second kappa shape index (κ2) is 6.02. The van der Waals surface area contributed by atoms with E-state index in [1.165, 1.54) is 0 Å². The fourth-order valence-corrected chi connectivity index (χ4v) is 2.11. The molecule has 98 valence electrons. The molecule has 0 saturated heterocycles. The minimum absolute atomic E-state index is 0.256. The second-order valence-electron chi connectivity index (χ2n) is 3.82. The molecular formula is C12H10Cl2N4O. The van der Waals surface area contributed by atoms with Gasteiger partial charge in [-0.1, -0.05) is 34.5 Å². The van der Waals surface area contributed by atoms with Gasteiger partial charge in [-0.3, -0.25) is 0 Å². The van der Waals surface area contributed by atoms with E-state index in [2.05, 4.69) is 10.3 Å². The van der Waals surface area contributed by atoms with Crippen molar-refractivity contribution in [2.24, 2.45) is 0 Å². The molecule has 0 unspecified atom stereocenters. The first-order chi connectivity index (χ1) is 9.15. The van der Waals surface area contributed by atoms with Gasteiger partial charge in [-0.15, -0.1) is 5.10 Å². The van der Waals surface area contributed by atoms with Crippen LogP contribution in [0, 0.1) is 11.3 Å². The van der Waals surface area contributed by atoms with Gasteiger partial charge in [0.15, 0.2) is 5.69 Å². The van der Waals surface area contributed by atoms with Gasteiger partial charge in [-0.2, -0.15) is 5.26 Å². The van der Waals surface area contributed by atoms with Crippen molar-refractivity contribution in [1.82, 2.24) is 15.0 Å². The number of nitriles is 1. The van der Waals surface area contributed by atoms with Crippen molar-refractivity contribution < 1.29 is 4.74 Å². The van der Waals surface area contributed by atoms with E-state index in [1.54, 1.807) is 23.9 Å². The van der Waals surface area contributed by atoms with Crippen molar-refractivity contribution in [3.05, 3.63) is 45.2 Å². The van der Waals surface area contributed by atoms with Crippen LogP contribution in [0.15, 0.2) is 18.2 Å². The molecule has 19 heavy (non-hydrogen) atoms. The van der Waals surface area contributed by atoms with Crippen LogP contribution >= 0.6 is 23.2 Å². The summed E-state index contributed by atoms with van der Waals surface area (Å²) in [5, 5.41) is 17.8. The van der Waals surface area contributed by atoms with Crippen molar-refractivity contribution >= 4 is 23.2 Å². The Hall–Kier alpha value is -1.61. The van der Waals surface area contributed by atoms with Gasteiger partial charge in [0.25, 0.3) is 0 Å². The summed E-state index contributed by atoms with van der Waals surface area (Å²) in [6.07, 6.45) is 0. The lowest BCUT2D eigenvalue weighted by Crippen LogP contribution is -2.08. The third kappa shape index (κ3) is 3.04. The van der Waals surface area contributed by atoms with E-state index in [1.807, 2.05) is 12.1 Å². The van der Waals surface area contributed by atoms with Gasteiger partial charge in [0.1, 0.15) is 11.8 Å². The molecule has 0 fully saturated rings. The number of benzene rings is 1. The van der Waals surface area contributed by atoms with E-state index in [9.17, 15) is 0 Å². The first kappa shape index (κ1) is 13.8. The number of rotatable bonds is 4. The third-order valence-corrected chi connectivity index (χ3v) is 3.15. The minimum atomic E-state index is 0.256. The molecule has 0 spiro atoms. The number of aromatic nitrogens is 3. The van der Waals surface area contributed by atoms with E-state index < -0.39 is 0 Å². The molecule has 0 aliphatic heterocycles. The molecule has 0 aliphatic carbocycles. The highest BCUT2D eigenvalue weighted by molar-refractivity contribution is 6.35. The zero-order valence-corrected chi connectivity index (χ0v) is 11.6. The topological polar surface area (TPSA) is 63.7 Å². The van der Waals surface area contributed by atoms with E-state index in [0.717, 1.165) is 5.56 Å². The number of nitrogens with zero attached hydrogens (tertiary/aromatic N) is 4. The highest BCUT2D eigenvalue weighted by Crippen LogP contribution is 2.22. The Balaban J connectivity index is 2.33. The van der Waals surface area contributed by atoms with Crippen molar-refractivity contribution in [3.8, 4) is 6.07 Å². The summed E-state index contributed by atoms with van der Waals surface area (Å²) in [4.78, 5) is 0. The molecule has 0 saturated carbocycles. The van der Waals surface area contributed by atoms with Gasteiger partial charge in [0.2, 0.25) is 0 Å². The molecule has 0 bridgehead atoms. The summed E-state index contributed by atoms with van der Waals surface area (Å²) in [5.41, 5.74) is 1.72. The fraction of sp³-hybridized carbons (Fsp3) is 0.250. The largest absolute Gasteiger partial charge is 0.378 e. The van der Waals surface area contributed by atoms with Gasteiger partial charge < -0.3 is 4.74 Å². The molecule has 1 aromatic heterocycles. The number of halogens is 2. The smallest absolute Gasteiger partial charge is 0.188 e. The van der Waals surface area contributed by atoms with E-state index in [-0.39, 0.29) is 12.3 Å². The lowest BCUT2D eigenvalue weighted by molar-refractivity contribution is 0.177. The average Bonchev–Trinajstić information content (AvgIpc) is 2.76. The Morgan fingerprint density at radius 1 is 1.42 bits per heavy atom. The second-order valence-corrected chi connectivity index (χ2v) is 4.67. The fourth-order valence-electron chi connectivity index (χ4n) is 1.64. The molecule has 0 amide bonds. The molecule has 2 rings (SSSR count). The highest BCUT2D eigenvalue weighted by atomic mass is 35.5. The van der Waals surface area contributed by atoms with E-state index in [0.29, 0.717) is 22.3 Å². The molecule has 0 radical (unpaired) electrons. The van der Waals surface area contributed by atoms with Crippen LogP contribution in [0.4, 0.5) is 0 Å². The molecule has 5 nitrogen and oxygen atoms in total. The average molecular weight is 297 g/mol. The van der Waals surface area contributed by atoms with Gasteiger partial charge in [-0.05, 0) is 17.7 Å². The van der Waals surface area contributed by atoms with Gasteiger partial charge in [-0.25, -0.2) is 4.68 Å². The van der Waals surface area contributed by atoms with Crippen LogP contribution < -0.4 is 0 Å². The van der Waals surface area contributed by atoms with Crippen molar-refractivity contribution in [3.63, 3.8) is 0 Å². The van der Waals surface area contributed by atoms with Crippen molar-refractivity contribution in [1.29, 1.82) is 5.26 Å². The first-order valence-electron chi connectivity index (χ1n) is 5.41. The van der Waals surface area contributed by atoms with Crippen molar-refractivity contribution in [2.45, 2.75) is 13.2 Å². The maximum absolute atomic E-state index is 8.95. The van der Waals surface area contributed by atoms with Crippen LogP contribution in [-0.2, 0) is 17.9 Å². The van der Waals surface area contributed by atoms with E-state index >= 15 is 0 Å². The quantitative estimate of drug-likeness (QED) is 0.870. The molecule has 0 N–H and O–H groups in total. The Bertz CT molecular complexity index is 633. The first-order valence-corrected chi connectivity index (χ1v) is 6.16. The molecule has 1 aromatic carbocycles. The van der Waals surface area contributed by atoms with Crippen LogP contribution in [0.1, 0.15) is 17.0 Å². The van der Waals surface area contributed by atoms with Crippen molar-refractivity contribution in [2.75, 3.05) is 7.11 Å². The Morgan fingerprint density at radius 3 is 2.84 bits per heavy atom. The lowest BCUT2D eigenvalue weighted by Gasteiger charge is -2.07.